The molecule has 8 rings (SSSR count). The third kappa shape index (κ3) is 5.53. The van der Waals surface area contributed by atoms with Crippen LogP contribution in [-0.2, 0) is 31.0 Å². The van der Waals surface area contributed by atoms with Gasteiger partial charge in [-0.2, -0.15) is 5.01 Å². The number of nitrogens with zero attached hydrogens (tertiary/aromatic N) is 2. The fourth-order valence-electron chi connectivity index (χ4n) is 9.27. The molecule has 0 bridgehead atoms. The monoisotopic (exact) mass is 765 g/mol. The van der Waals surface area contributed by atoms with Gasteiger partial charge < -0.3 is 14.9 Å². The highest BCUT2D eigenvalue weighted by molar-refractivity contribution is 6.36. The molecule has 54 heavy (non-hydrogen) atoms. The fourth-order valence-corrected chi connectivity index (χ4v) is 9.72. The van der Waals surface area contributed by atoms with E-state index in [9.17, 15) is 24.6 Å². The van der Waals surface area contributed by atoms with E-state index in [2.05, 4.69) is 5.43 Å². The zero-order chi connectivity index (χ0) is 38.1. The maximum absolute atomic E-state index is 15.4. The molecule has 3 fully saturated rings. The second-order valence-electron chi connectivity index (χ2n) is 14.5. The van der Waals surface area contributed by atoms with E-state index in [0.29, 0.717) is 39.6 Å². The molecule has 10 nitrogen and oxygen atoms in total. The second kappa shape index (κ2) is 13.5. The first-order chi connectivity index (χ1) is 25.9. The number of aryl methyl sites for hydroxylation is 1. The van der Waals surface area contributed by atoms with E-state index in [1.807, 2.05) is 12.1 Å². The van der Waals surface area contributed by atoms with E-state index in [-0.39, 0.29) is 47.7 Å². The van der Waals surface area contributed by atoms with Crippen molar-refractivity contribution in [3.8, 4) is 17.2 Å². The van der Waals surface area contributed by atoms with Gasteiger partial charge in [0.15, 0.2) is 0 Å². The largest absolute Gasteiger partial charge is 0.508 e. The lowest BCUT2D eigenvalue weighted by Crippen LogP contribution is -2.53. The Hall–Kier alpha value is -5.32. The standard InChI is InChI=1S/C42H37Cl2N3O7/c1-22-19-24(5-16-35(22)49)37-29-13-14-30-36(40(52)46(38(30)50)18-17-23-3-9-27(48)10-4-23)31(29)21-32-39(51)47(45-34-15-8-26(43)20-33(34)44)41(53)42(32,37)25-6-11-28(54-2)12-7-25/h3-13,15-16,19-20,30-32,36-37,45,48-49H,14,17-18,21H2,1-2H3/t30-,31+,32-,36-,37-,42+/m0/s1. The Morgan fingerprint density at radius 2 is 1.61 bits per heavy atom. The number of imide groups is 2. The molecule has 2 aliphatic carbocycles. The Kier molecular flexibility index (Phi) is 8.93. The number of phenols is 2. The molecule has 0 spiro atoms. The van der Waals surface area contributed by atoms with Crippen molar-refractivity contribution in [2.45, 2.75) is 37.5 Å². The SMILES string of the molecule is COc1ccc([C@@]23C(=O)N(Nc4ccc(Cl)cc4Cl)C(=O)[C@@H]2C[C@@H]2C(=CC[C@@H]4C(=O)N(CCc5ccc(O)cc5)C(=O)[C@@H]42)[C@@H]3c2ccc(O)c(C)c2)cc1. The Morgan fingerprint density at radius 3 is 2.30 bits per heavy atom. The number of anilines is 1. The number of aromatic hydroxyl groups is 2. The van der Waals surface area contributed by atoms with E-state index in [1.165, 1.54) is 11.0 Å². The molecule has 4 aromatic carbocycles. The summed E-state index contributed by atoms with van der Waals surface area (Å²) in [5, 5.41) is 22.0. The molecule has 0 aromatic heterocycles. The van der Waals surface area contributed by atoms with Crippen LogP contribution in [0.1, 0.15) is 41.0 Å². The molecular formula is C42H37Cl2N3O7. The highest BCUT2D eigenvalue weighted by Crippen LogP contribution is 2.64. The number of nitrogens with one attached hydrogen (secondary N) is 1. The van der Waals surface area contributed by atoms with Crippen molar-refractivity contribution in [3.63, 3.8) is 0 Å². The van der Waals surface area contributed by atoms with Gasteiger partial charge in [-0.05, 0) is 103 Å². The number of ether oxygens (including phenoxy) is 1. The average Bonchev–Trinajstić information content (AvgIpc) is 3.53. The van der Waals surface area contributed by atoms with Crippen LogP contribution >= 0.6 is 23.2 Å². The lowest BCUT2D eigenvalue weighted by Gasteiger charge is -2.50. The third-order valence-electron chi connectivity index (χ3n) is 11.8. The minimum absolute atomic E-state index is 0.0779. The number of rotatable bonds is 8. The number of carbonyl (C=O) groups excluding carboxylic acids is 4. The topological polar surface area (TPSA) is 136 Å². The predicted octanol–water partition coefficient (Wildman–Crippen LogP) is 6.95. The van der Waals surface area contributed by atoms with Crippen molar-refractivity contribution in [1.82, 2.24) is 9.91 Å². The molecule has 2 heterocycles. The van der Waals surface area contributed by atoms with Crippen LogP contribution in [0.3, 0.4) is 0 Å². The summed E-state index contributed by atoms with van der Waals surface area (Å²) in [6.45, 7) is 1.94. The summed E-state index contributed by atoms with van der Waals surface area (Å²) in [4.78, 5) is 60.0. The van der Waals surface area contributed by atoms with E-state index < -0.39 is 46.8 Å². The summed E-state index contributed by atoms with van der Waals surface area (Å²) in [7, 11) is 1.55. The zero-order valence-electron chi connectivity index (χ0n) is 29.5. The number of hydrogen-bond acceptors (Lipinski definition) is 8. The van der Waals surface area contributed by atoms with Crippen molar-refractivity contribution < 1.29 is 34.1 Å². The average molecular weight is 767 g/mol. The smallest absolute Gasteiger partial charge is 0.260 e. The molecule has 6 atom stereocenters. The maximum Gasteiger partial charge on any atom is 0.260 e. The number of amides is 4. The van der Waals surface area contributed by atoms with Gasteiger partial charge in [0.25, 0.3) is 11.8 Å². The van der Waals surface area contributed by atoms with E-state index in [0.717, 1.165) is 16.1 Å². The molecule has 2 saturated heterocycles. The minimum atomic E-state index is -1.50. The van der Waals surface area contributed by atoms with Gasteiger partial charge in [0.2, 0.25) is 11.8 Å². The van der Waals surface area contributed by atoms with Crippen LogP contribution in [0.4, 0.5) is 5.69 Å². The Morgan fingerprint density at radius 1 is 0.870 bits per heavy atom. The van der Waals surface area contributed by atoms with Crippen LogP contribution < -0.4 is 10.2 Å². The summed E-state index contributed by atoms with van der Waals surface area (Å²) < 4.78 is 5.47. The lowest BCUT2D eigenvalue weighted by molar-refractivity contribution is -0.141. The van der Waals surface area contributed by atoms with Crippen molar-refractivity contribution in [1.29, 1.82) is 0 Å². The molecule has 12 heteroatoms. The number of hydrogen-bond donors (Lipinski definition) is 3. The quantitative estimate of drug-likeness (QED) is 0.130. The molecule has 0 radical (unpaired) electrons. The number of fused-ring (bicyclic) bond motifs is 4. The number of methoxy groups -OCH3 is 1. The maximum atomic E-state index is 15.4. The second-order valence-corrected chi connectivity index (χ2v) is 15.3. The van der Waals surface area contributed by atoms with Gasteiger partial charge in [-0.3, -0.25) is 29.5 Å². The summed E-state index contributed by atoms with van der Waals surface area (Å²) in [6.07, 6.45) is 2.84. The molecule has 0 unspecified atom stereocenters. The van der Waals surface area contributed by atoms with Crippen molar-refractivity contribution in [3.05, 3.63) is 129 Å². The molecule has 4 amide bonds. The lowest BCUT2D eigenvalue weighted by atomic mass is 9.49. The van der Waals surface area contributed by atoms with Gasteiger partial charge in [-0.1, -0.05) is 71.2 Å². The first-order valence-corrected chi connectivity index (χ1v) is 18.6. The Balaban J connectivity index is 1.27. The molecule has 4 aliphatic rings. The van der Waals surface area contributed by atoms with Crippen LogP contribution in [-0.4, -0.2) is 57.4 Å². The van der Waals surface area contributed by atoms with E-state index >= 15 is 4.79 Å². The van der Waals surface area contributed by atoms with Gasteiger partial charge in [-0.15, -0.1) is 0 Å². The first-order valence-electron chi connectivity index (χ1n) is 17.8. The Bertz CT molecular complexity index is 2240. The molecule has 3 N–H and O–H groups in total. The summed E-state index contributed by atoms with van der Waals surface area (Å²) in [5.41, 5.74) is 5.34. The van der Waals surface area contributed by atoms with Crippen LogP contribution in [0, 0.1) is 30.6 Å². The van der Waals surface area contributed by atoms with Crippen molar-refractivity contribution >= 4 is 52.5 Å². The first kappa shape index (κ1) is 35.7. The van der Waals surface area contributed by atoms with Crippen LogP contribution in [0.5, 0.6) is 17.2 Å². The normalized spacial score (nSPS) is 26.0. The number of halogens is 2. The number of hydrazine groups is 1. The summed E-state index contributed by atoms with van der Waals surface area (Å²) in [5.74, 6) is -4.38. The number of allylic oxidation sites excluding steroid dienone is 2. The van der Waals surface area contributed by atoms with Crippen molar-refractivity contribution in [2.75, 3.05) is 19.1 Å². The van der Waals surface area contributed by atoms with Gasteiger partial charge >= 0.3 is 0 Å². The molecule has 276 valence electrons. The third-order valence-corrected chi connectivity index (χ3v) is 12.3. The van der Waals surface area contributed by atoms with Gasteiger partial charge in [0, 0.05) is 17.5 Å². The molecule has 2 aliphatic heterocycles. The molecule has 4 aromatic rings. The van der Waals surface area contributed by atoms with Gasteiger partial charge in [-0.25, -0.2) is 0 Å². The highest BCUT2D eigenvalue weighted by Gasteiger charge is 2.70. The van der Waals surface area contributed by atoms with E-state index in [1.54, 1.807) is 86.8 Å². The number of phenolic OH excluding ortho intramolecular Hbond substituents is 2. The van der Waals surface area contributed by atoms with Crippen LogP contribution in [0.25, 0.3) is 0 Å². The summed E-state index contributed by atoms with van der Waals surface area (Å²) >= 11 is 12.7. The van der Waals surface area contributed by atoms with Gasteiger partial charge in [0.05, 0.1) is 41.0 Å². The highest BCUT2D eigenvalue weighted by atomic mass is 35.5. The van der Waals surface area contributed by atoms with Crippen LogP contribution in [0.2, 0.25) is 10.0 Å². The fraction of sp³-hybridized carbons (Fsp3) is 0.286. The number of likely N-dealkylation sites (tertiary alicyclic amines) is 1. The predicted molar refractivity (Wildman–Crippen MR) is 202 cm³/mol. The van der Waals surface area contributed by atoms with Gasteiger partial charge in [0.1, 0.15) is 17.2 Å². The van der Waals surface area contributed by atoms with Crippen LogP contribution in [0.15, 0.2) is 96.6 Å². The number of benzene rings is 4. The number of carbonyl (C=O) groups is 4. The van der Waals surface area contributed by atoms with E-state index in [4.69, 9.17) is 27.9 Å². The minimum Gasteiger partial charge on any atom is -0.508 e. The molecule has 1 saturated carbocycles. The molecular weight excluding hydrogens is 729 g/mol. The summed E-state index contributed by atoms with van der Waals surface area (Å²) in [6, 6.07) is 23.7. The Labute approximate surface area is 321 Å². The van der Waals surface area contributed by atoms with Crippen molar-refractivity contribution in [2.24, 2.45) is 23.7 Å². The zero-order valence-corrected chi connectivity index (χ0v) is 31.0.